The average molecular weight is 332 g/mol. The van der Waals surface area contributed by atoms with Crippen molar-refractivity contribution < 1.29 is 9.18 Å². The predicted molar refractivity (Wildman–Crippen MR) is 80.1 cm³/mol. The number of hydrogen-bond donors (Lipinski definition) is 1. The van der Waals surface area contributed by atoms with Crippen LogP contribution in [0.15, 0.2) is 29.2 Å². The Hall–Kier alpha value is -1.79. The molecule has 1 amide bonds. The van der Waals surface area contributed by atoms with E-state index in [9.17, 15) is 14.0 Å². The van der Waals surface area contributed by atoms with Crippen LogP contribution in [0.1, 0.15) is 10.5 Å². The first kappa shape index (κ1) is 15.6. The summed E-state index contributed by atoms with van der Waals surface area (Å²) in [7, 11) is 1.60. The third kappa shape index (κ3) is 3.28. The molecular formula is C13H12Cl2FN3O2. The zero-order chi connectivity index (χ0) is 15.6. The van der Waals surface area contributed by atoms with Gasteiger partial charge in [0.05, 0.1) is 17.3 Å². The zero-order valence-corrected chi connectivity index (χ0v) is 12.6. The van der Waals surface area contributed by atoms with Crippen LogP contribution in [0.2, 0.25) is 10.2 Å². The Labute approximate surface area is 129 Å². The standard InChI is InChI=1S/C13H12Cl2FN3O2/c1-18-10(6-9(14)12(18)15)13(21)17-8-2-3-11(20)19(7-8)5-4-16/h2-3,6-7H,4-5H2,1H3,(H,17,21). The second kappa shape index (κ2) is 6.32. The van der Waals surface area contributed by atoms with Gasteiger partial charge in [0.2, 0.25) is 0 Å². The number of alkyl halides is 1. The number of nitrogens with one attached hydrogen (secondary N) is 1. The van der Waals surface area contributed by atoms with Crippen LogP contribution in [-0.4, -0.2) is 21.7 Å². The Bertz CT molecular complexity index is 740. The number of halogens is 3. The Morgan fingerprint density at radius 1 is 1.38 bits per heavy atom. The molecule has 0 bridgehead atoms. The molecule has 0 saturated carbocycles. The van der Waals surface area contributed by atoms with Gasteiger partial charge in [0.15, 0.2) is 0 Å². The van der Waals surface area contributed by atoms with Crippen LogP contribution < -0.4 is 10.9 Å². The molecule has 2 rings (SSSR count). The number of anilines is 1. The molecule has 2 aromatic rings. The van der Waals surface area contributed by atoms with E-state index in [4.69, 9.17) is 23.2 Å². The quantitative estimate of drug-likeness (QED) is 0.936. The molecular weight excluding hydrogens is 320 g/mol. The molecule has 2 heterocycles. The Morgan fingerprint density at radius 2 is 2.10 bits per heavy atom. The lowest BCUT2D eigenvalue weighted by Gasteiger charge is -2.09. The van der Waals surface area contributed by atoms with Crippen LogP contribution in [0.25, 0.3) is 0 Å². The summed E-state index contributed by atoms with van der Waals surface area (Å²) < 4.78 is 15.0. The van der Waals surface area contributed by atoms with Gasteiger partial charge in [0.25, 0.3) is 11.5 Å². The Kier molecular flexibility index (Phi) is 4.69. The van der Waals surface area contributed by atoms with Gasteiger partial charge in [-0.15, -0.1) is 0 Å². The predicted octanol–water partition coefficient (Wildman–Crippen LogP) is 2.72. The molecule has 0 aliphatic rings. The highest BCUT2D eigenvalue weighted by Crippen LogP contribution is 2.25. The maximum Gasteiger partial charge on any atom is 0.272 e. The van der Waals surface area contributed by atoms with E-state index in [2.05, 4.69) is 5.32 Å². The molecule has 8 heteroatoms. The van der Waals surface area contributed by atoms with Crippen molar-refractivity contribution in [2.45, 2.75) is 6.54 Å². The lowest BCUT2D eigenvalue weighted by Crippen LogP contribution is -2.22. The SMILES string of the molecule is Cn1c(C(=O)Nc2ccc(=O)n(CCF)c2)cc(Cl)c1Cl. The zero-order valence-electron chi connectivity index (χ0n) is 11.1. The second-order valence-corrected chi connectivity index (χ2v) is 5.09. The monoisotopic (exact) mass is 331 g/mol. The Balaban J connectivity index is 2.25. The molecule has 0 spiro atoms. The van der Waals surface area contributed by atoms with E-state index in [-0.39, 0.29) is 28.0 Å². The van der Waals surface area contributed by atoms with Crippen molar-refractivity contribution in [2.75, 3.05) is 12.0 Å². The lowest BCUT2D eigenvalue weighted by molar-refractivity contribution is 0.101. The first-order chi connectivity index (χ1) is 9.93. The highest BCUT2D eigenvalue weighted by molar-refractivity contribution is 6.42. The number of carbonyl (C=O) groups is 1. The van der Waals surface area contributed by atoms with Gasteiger partial charge < -0.3 is 14.5 Å². The summed E-state index contributed by atoms with van der Waals surface area (Å²) in [4.78, 5) is 23.6. The molecule has 0 radical (unpaired) electrons. The molecule has 5 nitrogen and oxygen atoms in total. The largest absolute Gasteiger partial charge is 0.329 e. The minimum atomic E-state index is -0.666. The van der Waals surface area contributed by atoms with E-state index in [1.807, 2.05) is 0 Å². The van der Waals surface area contributed by atoms with E-state index in [0.717, 1.165) is 0 Å². The summed E-state index contributed by atoms with van der Waals surface area (Å²) in [5.74, 6) is -0.434. The normalized spacial score (nSPS) is 10.7. The molecule has 112 valence electrons. The van der Waals surface area contributed by atoms with Crippen molar-refractivity contribution >= 4 is 34.8 Å². The maximum atomic E-state index is 12.3. The molecule has 1 N–H and O–H groups in total. The van der Waals surface area contributed by atoms with E-state index < -0.39 is 12.6 Å². The number of rotatable bonds is 4. The second-order valence-electron chi connectivity index (χ2n) is 4.32. The van der Waals surface area contributed by atoms with Crippen LogP contribution in [0.4, 0.5) is 10.1 Å². The number of aryl methyl sites for hydroxylation is 1. The summed E-state index contributed by atoms with van der Waals surface area (Å²) in [6, 6.07) is 4.15. The lowest BCUT2D eigenvalue weighted by atomic mass is 10.3. The summed E-state index contributed by atoms with van der Waals surface area (Å²) >= 11 is 11.7. The Morgan fingerprint density at radius 3 is 2.67 bits per heavy atom. The van der Waals surface area contributed by atoms with E-state index >= 15 is 0 Å². The summed E-state index contributed by atoms with van der Waals surface area (Å²) in [6.45, 7) is -0.731. The molecule has 21 heavy (non-hydrogen) atoms. The molecule has 0 aliphatic heterocycles. The fourth-order valence-electron chi connectivity index (χ4n) is 1.83. The topological polar surface area (TPSA) is 56.0 Å². The molecule has 0 fully saturated rings. The fraction of sp³-hybridized carbons (Fsp3) is 0.231. The first-order valence-electron chi connectivity index (χ1n) is 6.02. The number of carbonyl (C=O) groups excluding carboxylic acids is 1. The van der Waals surface area contributed by atoms with Crippen molar-refractivity contribution in [3.8, 4) is 0 Å². The van der Waals surface area contributed by atoms with Crippen molar-refractivity contribution in [3.63, 3.8) is 0 Å². The van der Waals surface area contributed by atoms with Gasteiger partial charge in [-0.25, -0.2) is 4.39 Å². The number of aromatic nitrogens is 2. The van der Waals surface area contributed by atoms with Gasteiger partial charge in [-0.3, -0.25) is 9.59 Å². The highest BCUT2D eigenvalue weighted by atomic mass is 35.5. The van der Waals surface area contributed by atoms with E-state index in [1.54, 1.807) is 7.05 Å². The van der Waals surface area contributed by atoms with Gasteiger partial charge in [-0.2, -0.15) is 0 Å². The third-order valence-electron chi connectivity index (χ3n) is 2.92. The van der Waals surface area contributed by atoms with Crippen LogP contribution in [0, 0.1) is 0 Å². The van der Waals surface area contributed by atoms with Crippen LogP contribution in [-0.2, 0) is 13.6 Å². The minimum Gasteiger partial charge on any atom is -0.329 e. The van der Waals surface area contributed by atoms with Crippen LogP contribution in [0.5, 0.6) is 0 Å². The van der Waals surface area contributed by atoms with Crippen LogP contribution in [0.3, 0.4) is 0 Å². The molecule has 0 aliphatic carbocycles. The summed E-state index contributed by atoms with van der Waals surface area (Å²) in [6.07, 6.45) is 1.38. The molecule has 0 unspecified atom stereocenters. The molecule has 0 saturated heterocycles. The number of nitrogens with zero attached hydrogens (tertiary/aromatic N) is 2. The smallest absolute Gasteiger partial charge is 0.272 e. The highest BCUT2D eigenvalue weighted by Gasteiger charge is 2.16. The van der Waals surface area contributed by atoms with Gasteiger partial charge in [0.1, 0.15) is 17.5 Å². The minimum absolute atomic E-state index is 0.0651. The summed E-state index contributed by atoms with van der Waals surface area (Å²) in [5.41, 5.74) is 0.311. The number of pyridine rings is 1. The molecule has 0 atom stereocenters. The van der Waals surface area contributed by atoms with Gasteiger partial charge >= 0.3 is 0 Å². The number of amides is 1. The fourth-order valence-corrected chi connectivity index (χ4v) is 2.20. The number of hydrogen-bond acceptors (Lipinski definition) is 2. The van der Waals surface area contributed by atoms with E-state index in [0.29, 0.717) is 5.69 Å². The molecule has 2 aromatic heterocycles. The van der Waals surface area contributed by atoms with E-state index in [1.165, 1.54) is 33.5 Å². The van der Waals surface area contributed by atoms with Crippen molar-refractivity contribution in [3.05, 3.63) is 50.6 Å². The average Bonchev–Trinajstić information content (AvgIpc) is 2.70. The molecule has 0 aromatic carbocycles. The first-order valence-corrected chi connectivity index (χ1v) is 6.78. The van der Waals surface area contributed by atoms with Gasteiger partial charge in [-0.05, 0) is 12.1 Å². The van der Waals surface area contributed by atoms with Gasteiger partial charge in [-0.1, -0.05) is 23.2 Å². The summed E-state index contributed by atoms with van der Waals surface area (Å²) in [5, 5.41) is 3.13. The van der Waals surface area contributed by atoms with Crippen molar-refractivity contribution in [1.82, 2.24) is 9.13 Å². The maximum absolute atomic E-state index is 12.3. The van der Waals surface area contributed by atoms with Gasteiger partial charge in [0, 0.05) is 19.3 Å². The van der Waals surface area contributed by atoms with Crippen LogP contribution >= 0.6 is 23.2 Å². The van der Waals surface area contributed by atoms with Crippen molar-refractivity contribution in [2.24, 2.45) is 7.05 Å². The third-order valence-corrected chi connectivity index (χ3v) is 3.76. The van der Waals surface area contributed by atoms with Crippen molar-refractivity contribution in [1.29, 1.82) is 0 Å².